The van der Waals surface area contributed by atoms with Crippen molar-refractivity contribution in [2.75, 3.05) is 13.1 Å². The van der Waals surface area contributed by atoms with E-state index in [9.17, 15) is 9.59 Å². The van der Waals surface area contributed by atoms with Crippen molar-refractivity contribution in [1.82, 2.24) is 16.0 Å². The van der Waals surface area contributed by atoms with Crippen LogP contribution in [0.1, 0.15) is 28.4 Å². The van der Waals surface area contributed by atoms with E-state index in [4.69, 9.17) is 0 Å². The van der Waals surface area contributed by atoms with Crippen LogP contribution >= 0.6 is 0 Å². The van der Waals surface area contributed by atoms with Crippen LogP contribution in [0.4, 0.5) is 0 Å². The zero-order valence-corrected chi connectivity index (χ0v) is 13.4. The third kappa shape index (κ3) is 4.00. The van der Waals surface area contributed by atoms with E-state index in [0.717, 1.165) is 25.1 Å². The van der Waals surface area contributed by atoms with Gasteiger partial charge in [0.2, 0.25) is 5.91 Å². The van der Waals surface area contributed by atoms with Gasteiger partial charge in [0.15, 0.2) is 0 Å². The smallest absolute Gasteiger partial charge is 0.252 e. The molecule has 0 bridgehead atoms. The van der Waals surface area contributed by atoms with E-state index in [1.54, 1.807) is 24.3 Å². The molecule has 1 fully saturated rings. The van der Waals surface area contributed by atoms with Crippen LogP contribution in [0.2, 0.25) is 0 Å². The first-order valence-corrected chi connectivity index (χ1v) is 8.16. The van der Waals surface area contributed by atoms with Gasteiger partial charge in [-0.25, -0.2) is 0 Å². The number of amides is 2. The monoisotopic (exact) mass is 323 g/mol. The summed E-state index contributed by atoms with van der Waals surface area (Å²) in [6.45, 7) is 1.66. The number of nitrogens with one attached hydrogen (secondary N) is 3. The second-order valence-electron chi connectivity index (χ2n) is 5.88. The molecular weight excluding hydrogens is 302 g/mol. The molecule has 1 aliphatic rings. The van der Waals surface area contributed by atoms with Crippen LogP contribution in [-0.4, -0.2) is 30.9 Å². The topological polar surface area (TPSA) is 70.2 Å². The normalized spacial score (nSPS) is 17.9. The van der Waals surface area contributed by atoms with Crippen molar-refractivity contribution in [2.24, 2.45) is 0 Å². The summed E-state index contributed by atoms with van der Waals surface area (Å²) in [4.78, 5) is 25.2. The molecule has 5 nitrogen and oxygen atoms in total. The minimum Gasteiger partial charge on any atom is -0.350 e. The second-order valence-corrected chi connectivity index (χ2v) is 5.88. The van der Waals surface area contributed by atoms with Crippen molar-refractivity contribution >= 4 is 11.8 Å². The van der Waals surface area contributed by atoms with Gasteiger partial charge in [-0.15, -0.1) is 0 Å². The standard InChI is InChI=1S/C19H21N3O2/c23-18(15-9-5-2-6-10-15)22-17(14-7-3-1-4-8-14)19(24)21-16-11-12-20-13-16/h1-10,16-17,20H,11-13H2,(H,21,24)(H,22,23). The largest absolute Gasteiger partial charge is 0.350 e. The van der Waals surface area contributed by atoms with Gasteiger partial charge in [0.25, 0.3) is 5.91 Å². The molecule has 2 aromatic carbocycles. The van der Waals surface area contributed by atoms with Gasteiger partial charge in [0.05, 0.1) is 0 Å². The fraction of sp³-hybridized carbons (Fsp3) is 0.263. The van der Waals surface area contributed by atoms with E-state index >= 15 is 0 Å². The average Bonchev–Trinajstić information content (AvgIpc) is 3.14. The maximum Gasteiger partial charge on any atom is 0.252 e. The Morgan fingerprint density at radius 3 is 2.29 bits per heavy atom. The summed E-state index contributed by atoms with van der Waals surface area (Å²) in [7, 11) is 0. The van der Waals surface area contributed by atoms with Crippen molar-refractivity contribution < 1.29 is 9.59 Å². The molecule has 2 amide bonds. The predicted octanol–water partition coefficient (Wildman–Crippen LogP) is 1.64. The third-order valence-electron chi connectivity index (χ3n) is 4.11. The van der Waals surface area contributed by atoms with Gasteiger partial charge in [-0.1, -0.05) is 48.5 Å². The molecule has 0 aromatic heterocycles. The van der Waals surface area contributed by atoms with Crippen molar-refractivity contribution in [3.8, 4) is 0 Å². The van der Waals surface area contributed by atoms with E-state index in [1.807, 2.05) is 36.4 Å². The van der Waals surface area contributed by atoms with Crippen LogP contribution < -0.4 is 16.0 Å². The van der Waals surface area contributed by atoms with Gasteiger partial charge in [-0.2, -0.15) is 0 Å². The lowest BCUT2D eigenvalue weighted by Gasteiger charge is -2.21. The van der Waals surface area contributed by atoms with Gasteiger partial charge in [-0.3, -0.25) is 9.59 Å². The van der Waals surface area contributed by atoms with Gasteiger partial charge < -0.3 is 16.0 Å². The molecule has 24 heavy (non-hydrogen) atoms. The molecular formula is C19H21N3O2. The summed E-state index contributed by atoms with van der Waals surface area (Å²) in [6.07, 6.45) is 0.903. The van der Waals surface area contributed by atoms with Crippen molar-refractivity contribution in [3.05, 3.63) is 71.8 Å². The van der Waals surface area contributed by atoms with E-state index in [0.29, 0.717) is 5.56 Å². The van der Waals surface area contributed by atoms with E-state index < -0.39 is 6.04 Å². The van der Waals surface area contributed by atoms with Crippen LogP contribution in [-0.2, 0) is 4.79 Å². The average molecular weight is 323 g/mol. The first-order chi connectivity index (χ1) is 11.7. The SMILES string of the molecule is O=C(NC(C(=O)NC1CCNC1)c1ccccc1)c1ccccc1. The summed E-state index contributed by atoms with van der Waals surface area (Å²) < 4.78 is 0. The minimum absolute atomic E-state index is 0.109. The molecule has 5 heteroatoms. The molecule has 2 unspecified atom stereocenters. The quantitative estimate of drug-likeness (QED) is 0.783. The lowest BCUT2D eigenvalue weighted by Crippen LogP contribution is -2.45. The molecule has 3 N–H and O–H groups in total. The summed E-state index contributed by atoms with van der Waals surface area (Å²) in [5.74, 6) is -0.441. The Labute approximate surface area is 141 Å². The predicted molar refractivity (Wildman–Crippen MR) is 92.5 cm³/mol. The van der Waals surface area contributed by atoms with E-state index in [2.05, 4.69) is 16.0 Å². The molecule has 0 aliphatic carbocycles. The molecule has 1 saturated heterocycles. The summed E-state index contributed by atoms with van der Waals surface area (Å²) in [5, 5.41) is 9.09. The molecule has 0 saturated carbocycles. The fourth-order valence-electron chi connectivity index (χ4n) is 2.81. The molecule has 0 spiro atoms. The van der Waals surface area contributed by atoms with Gasteiger partial charge in [-0.05, 0) is 30.7 Å². The van der Waals surface area contributed by atoms with Gasteiger partial charge in [0.1, 0.15) is 6.04 Å². The molecule has 2 aromatic rings. The van der Waals surface area contributed by atoms with Gasteiger partial charge >= 0.3 is 0 Å². The molecule has 0 radical (unpaired) electrons. The van der Waals surface area contributed by atoms with Crippen LogP contribution in [0.5, 0.6) is 0 Å². The van der Waals surface area contributed by atoms with Crippen molar-refractivity contribution in [1.29, 1.82) is 0 Å². The lowest BCUT2D eigenvalue weighted by molar-refractivity contribution is -0.123. The zero-order valence-electron chi connectivity index (χ0n) is 13.4. The van der Waals surface area contributed by atoms with Crippen LogP contribution in [0, 0.1) is 0 Å². The van der Waals surface area contributed by atoms with E-state index in [-0.39, 0.29) is 17.9 Å². The van der Waals surface area contributed by atoms with Crippen molar-refractivity contribution in [3.63, 3.8) is 0 Å². The van der Waals surface area contributed by atoms with Crippen molar-refractivity contribution in [2.45, 2.75) is 18.5 Å². The molecule has 3 rings (SSSR count). The Hall–Kier alpha value is -2.66. The highest BCUT2D eigenvalue weighted by Crippen LogP contribution is 2.15. The Kier molecular flexibility index (Phi) is 5.23. The first kappa shape index (κ1) is 16.2. The number of rotatable bonds is 5. The fourth-order valence-corrected chi connectivity index (χ4v) is 2.81. The highest BCUT2D eigenvalue weighted by molar-refractivity contribution is 5.97. The Bertz CT molecular complexity index is 682. The molecule has 2 atom stereocenters. The van der Waals surface area contributed by atoms with Crippen LogP contribution in [0.25, 0.3) is 0 Å². The lowest BCUT2D eigenvalue weighted by atomic mass is 10.0. The number of carbonyl (C=O) groups is 2. The zero-order chi connectivity index (χ0) is 16.8. The molecule has 1 aliphatic heterocycles. The summed E-state index contributed by atoms with van der Waals surface area (Å²) in [5.41, 5.74) is 1.30. The third-order valence-corrected chi connectivity index (χ3v) is 4.11. The number of hydrogen-bond donors (Lipinski definition) is 3. The summed E-state index contributed by atoms with van der Waals surface area (Å²) in [6, 6.07) is 17.6. The highest BCUT2D eigenvalue weighted by Gasteiger charge is 2.26. The van der Waals surface area contributed by atoms with Gasteiger partial charge in [0, 0.05) is 18.2 Å². The summed E-state index contributed by atoms with van der Waals surface area (Å²) >= 11 is 0. The Morgan fingerprint density at radius 2 is 1.67 bits per heavy atom. The second kappa shape index (κ2) is 7.75. The first-order valence-electron chi connectivity index (χ1n) is 8.16. The maximum atomic E-state index is 12.7. The van der Waals surface area contributed by atoms with Crippen LogP contribution in [0.3, 0.4) is 0 Å². The van der Waals surface area contributed by atoms with E-state index in [1.165, 1.54) is 0 Å². The molecule has 1 heterocycles. The van der Waals surface area contributed by atoms with Crippen LogP contribution in [0.15, 0.2) is 60.7 Å². The Balaban J connectivity index is 1.77. The minimum atomic E-state index is -0.709. The Morgan fingerprint density at radius 1 is 1.00 bits per heavy atom. The number of carbonyl (C=O) groups excluding carboxylic acids is 2. The maximum absolute atomic E-state index is 12.7. The number of hydrogen-bond acceptors (Lipinski definition) is 3. The number of benzene rings is 2. The molecule has 124 valence electrons. The highest BCUT2D eigenvalue weighted by atomic mass is 16.2.